The van der Waals surface area contributed by atoms with Gasteiger partial charge in [0.1, 0.15) is 5.83 Å². The first-order valence-corrected chi connectivity index (χ1v) is 7.93. The number of fused-ring (bicyclic) bond motifs is 2. The average molecular weight is 274 g/mol. The van der Waals surface area contributed by atoms with E-state index in [1.54, 1.807) is 6.08 Å². The SMILES string of the molecule is FC1=CC2C[C@H](CCP)c3ccccc3CC2C=C1. The molecule has 4 atom stereocenters. The summed E-state index contributed by atoms with van der Waals surface area (Å²) in [5.41, 5.74) is 2.94. The zero-order valence-corrected chi connectivity index (χ0v) is 12.2. The summed E-state index contributed by atoms with van der Waals surface area (Å²) in [4.78, 5) is 0. The quantitative estimate of drug-likeness (QED) is 0.689. The maximum Gasteiger partial charge on any atom is 0.119 e. The maximum absolute atomic E-state index is 13.5. The molecule has 0 spiro atoms. The third kappa shape index (κ3) is 2.67. The topological polar surface area (TPSA) is 0 Å². The Morgan fingerprint density at radius 3 is 2.89 bits per heavy atom. The van der Waals surface area contributed by atoms with Gasteiger partial charge >= 0.3 is 0 Å². The van der Waals surface area contributed by atoms with Crippen molar-refractivity contribution in [3.05, 3.63) is 59.4 Å². The van der Waals surface area contributed by atoms with Crippen molar-refractivity contribution in [2.75, 3.05) is 6.16 Å². The fraction of sp³-hybridized carbons (Fsp3) is 0.412. The lowest BCUT2D eigenvalue weighted by atomic mass is 9.81. The van der Waals surface area contributed by atoms with Gasteiger partial charge in [-0.3, -0.25) is 0 Å². The normalized spacial score (nSPS) is 29.2. The standard InChI is InChI=1S/C17H20FP/c18-16-6-5-12-9-13-3-1-2-4-17(13)14(7-8-19)10-15(12)11-16/h1-6,11-12,14-15H,7-10,19H2/t12?,14-,15?/m0/s1. The lowest BCUT2D eigenvalue weighted by molar-refractivity contribution is 0.406. The van der Waals surface area contributed by atoms with Crippen molar-refractivity contribution in [1.82, 2.24) is 0 Å². The molecule has 2 aliphatic carbocycles. The molecule has 0 nitrogen and oxygen atoms in total. The second kappa shape index (κ2) is 5.59. The summed E-state index contributed by atoms with van der Waals surface area (Å²) in [5.74, 6) is 1.34. The van der Waals surface area contributed by atoms with E-state index in [1.807, 2.05) is 6.08 Å². The number of hydrogen-bond donors (Lipinski definition) is 0. The van der Waals surface area contributed by atoms with Crippen LogP contribution in [0, 0.1) is 11.8 Å². The molecule has 2 aliphatic rings. The summed E-state index contributed by atoms with van der Waals surface area (Å²) < 4.78 is 13.5. The third-order valence-electron chi connectivity index (χ3n) is 4.45. The van der Waals surface area contributed by atoms with Crippen molar-refractivity contribution in [1.29, 1.82) is 0 Å². The number of benzene rings is 1. The zero-order chi connectivity index (χ0) is 13.2. The first kappa shape index (κ1) is 13.1. The van der Waals surface area contributed by atoms with Gasteiger partial charge in [-0.25, -0.2) is 4.39 Å². The largest absolute Gasteiger partial charge is 0.207 e. The number of rotatable bonds is 2. The highest BCUT2D eigenvalue weighted by atomic mass is 31.0. The Bertz CT molecular complexity index is 518. The van der Waals surface area contributed by atoms with Crippen LogP contribution in [0.25, 0.3) is 0 Å². The zero-order valence-electron chi connectivity index (χ0n) is 11.1. The molecule has 0 amide bonds. The lowest BCUT2D eigenvalue weighted by Crippen LogP contribution is -2.15. The van der Waals surface area contributed by atoms with Crippen LogP contribution in [0.4, 0.5) is 4.39 Å². The predicted octanol–water partition coefficient (Wildman–Crippen LogP) is 4.64. The molecule has 0 bridgehead atoms. The van der Waals surface area contributed by atoms with Gasteiger partial charge in [0.25, 0.3) is 0 Å². The van der Waals surface area contributed by atoms with Crippen LogP contribution in [0.2, 0.25) is 0 Å². The Kier molecular flexibility index (Phi) is 3.84. The molecule has 2 heteroatoms. The van der Waals surface area contributed by atoms with E-state index in [4.69, 9.17) is 0 Å². The molecule has 3 unspecified atom stereocenters. The Morgan fingerprint density at radius 1 is 1.21 bits per heavy atom. The van der Waals surface area contributed by atoms with E-state index in [-0.39, 0.29) is 5.83 Å². The second-order valence-electron chi connectivity index (χ2n) is 5.65. The molecule has 0 radical (unpaired) electrons. The summed E-state index contributed by atoms with van der Waals surface area (Å²) >= 11 is 0. The molecule has 1 aromatic rings. The van der Waals surface area contributed by atoms with Crippen LogP contribution in [-0.2, 0) is 6.42 Å². The smallest absolute Gasteiger partial charge is 0.119 e. The molecule has 0 aliphatic heterocycles. The van der Waals surface area contributed by atoms with Crippen molar-refractivity contribution in [3.8, 4) is 0 Å². The summed E-state index contributed by atoms with van der Waals surface area (Å²) in [6.07, 6.45) is 9.96. The minimum atomic E-state index is -0.0585. The Labute approximate surface area is 117 Å². The first-order valence-electron chi connectivity index (χ1n) is 7.11. The van der Waals surface area contributed by atoms with Gasteiger partial charge in [-0.2, -0.15) is 0 Å². The van der Waals surface area contributed by atoms with Gasteiger partial charge in [0, 0.05) is 0 Å². The molecule has 0 saturated carbocycles. The molecule has 0 fully saturated rings. The van der Waals surface area contributed by atoms with Crippen molar-refractivity contribution in [2.45, 2.75) is 25.2 Å². The molecule has 0 aromatic heterocycles. The lowest BCUT2D eigenvalue weighted by Gasteiger charge is -2.24. The van der Waals surface area contributed by atoms with Crippen molar-refractivity contribution >= 4 is 9.24 Å². The van der Waals surface area contributed by atoms with E-state index in [2.05, 4.69) is 39.6 Å². The molecule has 0 saturated heterocycles. The van der Waals surface area contributed by atoms with Gasteiger partial charge in [-0.1, -0.05) is 30.3 Å². The van der Waals surface area contributed by atoms with Gasteiger partial charge in [0.2, 0.25) is 0 Å². The number of halogens is 1. The first-order chi connectivity index (χ1) is 9.28. The minimum absolute atomic E-state index is 0.0585. The van der Waals surface area contributed by atoms with Crippen LogP contribution in [-0.4, -0.2) is 6.16 Å². The Morgan fingerprint density at radius 2 is 2.05 bits per heavy atom. The van der Waals surface area contributed by atoms with Crippen LogP contribution in [0.5, 0.6) is 0 Å². The fourth-order valence-corrected chi connectivity index (χ4v) is 3.91. The number of hydrogen-bond acceptors (Lipinski definition) is 0. The van der Waals surface area contributed by atoms with Crippen molar-refractivity contribution in [2.24, 2.45) is 11.8 Å². The van der Waals surface area contributed by atoms with E-state index < -0.39 is 0 Å². The second-order valence-corrected chi connectivity index (χ2v) is 6.23. The summed E-state index contributed by atoms with van der Waals surface area (Å²) in [6.45, 7) is 0. The third-order valence-corrected chi connectivity index (χ3v) is 4.78. The fourth-order valence-electron chi connectivity index (χ4n) is 3.51. The highest BCUT2D eigenvalue weighted by Gasteiger charge is 2.30. The summed E-state index contributed by atoms with van der Waals surface area (Å²) in [7, 11) is 2.83. The van der Waals surface area contributed by atoms with Gasteiger partial charge in [-0.05, 0) is 66.5 Å². The highest BCUT2D eigenvalue weighted by Crippen LogP contribution is 2.41. The molecule has 3 rings (SSSR count). The van der Waals surface area contributed by atoms with Crippen LogP contribution >= 0.6 is 9.24 Å². The Hall–Kier alpha value is -0.940. The van der Waals surface area contributed by atoms with Crippen LogP contribution in [0.1, 0.15) is 29.9 Å². The molecule has 0 N–H and O–H groups in total. The van der Waals surface area contributed by atoms with E-state index in [9.17, 15) is 4.39 Å². The molecule has 0 heterocycles. The Balaban J connectivity index is 1.97. The van der Waals surface area contributed by atoms with E-state index in [1.165, 1.54) is 17.5 Å². The minimum Gasteiger partial charge on any atom is -0.207 e. The van der Waals surface area contributed by atoms with Crippen molar-refractivity contribution in [3.63, 3.8) is 0 Å². The van der Waals surface area contributed by atoms with Gasteiger partial charge in [0.05, 0.1) is 0 Å². The molecular formula is C17H20FP. The molecule has 1 aromatic carbocycles. The van der Waals surface area contributed by atoms with E-state index in [0.29, 0.717) is 17.8 Å². The van der Waals surface area contributed by atoms with Crippen LogP contribution in [0.3, 0.4) is 0 Å². The summed E-state index contributed by atoms with van der Waals surface area (Å²) in [5, 5.41) is 0. The van der Waals surface area contributed by atoms with Crippen molar-refractivity contribution < 1.29 is 4.39 Å². The van der Waals surface area contributed by atoms with E-state index in [0.717, 1.165) is 19.0 Å². The van der Waals surface area contributed by atoms with Crippen LogP contribution < -0.4 is 0 Å². The predicted molar refractivity (Wildman–Crippen MR) is 82.0 cm³/mol. The summed E-state index contributed by atoms with van der Waals surface area (Å²) in [6, 6.07) is 8.77. The average Bonchev–Trinajstić information content (AvgIpc) is 2.56. The van der Waals surface area contributed by atoms with E-state index >= 15 is 0 Å². The highest BCUT2D eigenvalue weighted by molar-refractivity contribution is 7.16. The molecule has 100 valence electrons. The van der Waals surface area contributed by atoms with Crippen LogP contribution in [0.15, 0.2) is 48.3 Å². The number of allylic oxidation sites excluding steroid dienone is 4. The van der Waals surface area contributed by atoms with Gasteiger partial charge in [0.15, 0.2) is 0 Å². The molecular weight excluding hydrogens is 254 g/mol. The monoisotopic (exact) mass is 274 g/mol. The molecule has 19 heavy (non-hydrogen) atoms. The van der Waals surface area contributed by atoms with Gasteiger partial charge in [-0.15, -0.1) is 9.24 Å². The maximum atomic E-state index is 13.5. The van der Waals surface area contributed by atoms with Gasteiger partial charge < -0.3 is 0 Å².